The summed E-state index contributed by atoms with van der Waals surface area (Å²) in [6.07, 6.45) is 8.99. The van der Waals surface area contributed by atoms with Crippen LogP contribution in [-0.4, -0.2) is 22.6 Å². The third-order valence-electron chi connectivity index (χ3n) is 6.77. The lowest BCUT2D eigenvalue weighted by Gasteiger charge is -2.30. The van der Waals surface area contributed by atoms with Gasteiger partial charge in [0.2, 0.25) is 0 Å². The molecule has 2 aromatic rings. The lowest BCUT2D eigenvalue weighted by atomic mass is 9.99. The Balaban J connectivity index is 1.34. The van der Waals surface area contributed by atoms with E-state index < -0.39 is 0 Å². The first kappa shape index (κ1) is 15.0. The molecule has 1 aromatic carbocycles. The van der Waals surface area contributed by atoms with Crippen molar-refractivity contribution >= 4 is 11.6 Å². The molecule has 2 atom stereocenters. The molecule has 2 saturated carbocycles. The molecule has 0 amide bonds. The normalized spacial score (nSPS) is 27.2. The zero-order valence-electron chi connectivity index (χ0n) is 15.2. The lowest BCUT2D eigenvalue weighted by molar-refractivity contribution is 0.717. The Labute approximate surface area is 155 Å². The number of fused-ring (bicyclic) bond motifs is 5. The molecule has 0 radical (unpaired) electrons. The van der Waals surface area contributed by atoms with Crippen molar-refractivity contribution in [3.8, 4) is 0 Å². The maximum absolute atomic E-state index is 5.02. The van der Waals surface area contributed by atoms with Gasteiger partial charge in [0.15, 0.2) is 0 Å². The van der Waals surface area contributed by atoms with E-state index in [9.17, 15) is 0 Å². The van der Waals surface area contributed by atoms with Crippen molar-refractivity contribution in [2.45, 2.75) is 68.9 Å². The fraction of sp³-hybridized carbons (Fsp3) is 0.545. The van der Waals surface area contributed by atoms with Crippen molar-refractivity contribution in [2.24, 2.45) is 0 Å². The topological polar surface area (TPSA) is 41.0 Å². The Kier molecular flexibility index (Phi) is 3.29. The molecule has 1 saturated heterocycles. The molecular weight excluding hydrogens is 320 g/mol. The lowest BCUT2D eigenvalue weighted by Crippen LogP contribution is -2.28. The van der Waals surface area contributed by atoms with E-state index in [1.54, 1.807) is 5.56 Å². The van der Waals surface area contributed by atoms with Gasteiger partial charge in [-0.25, -0.2) is 9.97 Å². The van der Waals surface area contributed by atoms with Crippen LogP contribution in [0.4, 0.5) is 11.6 Å². The SMILES string of the molecule is c1ccc2c(c1)[C@H]1C[C@H]2N(c2cc(NC3CCCC3)nc(C3CC3)n2)C1. The molecule has 4 nitrogen and oxygen atoms in total. The van der Waals surface area contributed by atoms with Crippen LogP contribution >= 0.6 is 0 Å². The fourth-order valence-electron chi connectivity index (χ4n) is 5.27. The minimum absolute atomic E-state index is 0.498. The smallest absolute Gasteiger partial charge is 0.136 e. The summed E-state index contributed by atoms with van der Waals surface area (Å²) >= 11 is 0. The van der Waals surface area contributed by atoms with Crippen molar-refractivity contribution in [1.82, 2.24) is 9.97 Å². The van der Waals surface area contributed by atoms with Crippen LogP contribution in [0.1, 0.15) is 79.8 Å². The van der Waals surface area contributed by atoms with Gasteiger partial charge in [0.25, 0.3) is 0 Å². The van der Waals surface area contributed by atoms with Crippen molar-refractivity contribution in [3.05, 3.63) is 47.3 Å². The second-order valence-corrected chi connectivity index (χ2v) is 8.60. The second-order valence-electron chi connectivity index (χ2n) is 8.60. The molecule has 1 N–H and O–H groups in total. The van der Waals surface area contributed by atoms with Gasteiger partial charge in [0, 0.05) is 30.5 Å². The summed E-state index contributed by atoms with van der Waals surface area (Å²) in [5.74, 6) is 4.52. The highest BCUT2D eigenvalue weighted by atomic mass is 15.3. The van der Waals surface area contributed by atoms with Crippen molar-refractivity contribution in [2.75, 3.05) is 16.8 Å². The summed E-state index contributed by atoms with van der Waals surface area (Å²) in [5.41, 5.74) is 3.08. The molecule has 4 aliphatic rings. The van der Waals surface area contributed by atoms with E-state index in [1.165, 1.54) is 50.5 Å². The molecule has 0 spiro atoms. The molecule has 1 aliphatic heterocycles. The summed E-state index contributed by atoms with van der Waals surface area (Å²) in [5, 5.41) is 3.71. The van der Waals surface area contributed by atoms with Crippen LogP contribution in [0.2, 0.25) is 0 Å². The van der Waals surface area contributed by atoms with Gasteiger partial charge in [0.05, 0.1) is 6.04 Å². The Hall–Kier alpha value is -2.10. The van der Waals surface area contributed by atoms with E-state index in [2.05, 4.69) is 40.5 Å². The van der Waals surface area contributed by atoms with E-state index in [-0.39, 0.29) is 0 Å². The maximum Gasteiger partial charge on any atom is 0.136 e. The molecule has 0 unspecified atom stereocenters. The van der Waals surface area contributed by atoms with Gasteiger partial charge in [-0.1, -0.05) is 37.1 Å². The highest BCUT2D eigenvalue weighted by Gasteiger charge is 2.43. The summed E-state index contributed by atoms with van der Waals surface area (Å²) < 4.78 is 0. The van der Waals surface area contributed by atoms with E-state index in [1.807, 2.05) is 0 Å². The van der Waals surface area contributed by atoms with Crippen molar-refractivity contribution < 1.29 is 0 Å². The van der Waals surface area contributed by atoms with E-state index in [0.29, 0.717) is 23.9 Å². The number of nitrogens with one attached hydrogen (secondary N) is 1. The Morgan fingerprint density at radius 1 is 0.923 bits per heavy atom. The maximum atomic E-state index is 5.02. The van der Waals surface area contributed by atoms with Gasteiger partial charge in [-0.05, 0) is 43.2 Å². The van der Waals surface area contributed by atoms with Gasteiger partial charge in [-0.2, -0.15) is 0 Å². The Bertz CT molecular complexity index is 838. The molecule has 4 heteroatoms. The minimum Gasteiger partial charge on any atom is -0.367 e. The molecule has 2 heterocycles. The number of anilines is 2. The summed E-state index contributed by atoms with van der Waals surface area (Å²) in [6, 6.07) is 12.3. The van der Waals surface area contributed by atoms with Gasteiger partial charge >= 0.3 is 0 Å². The van der Waals surface area contributed by atoms with Crippen LogP contribution in [0, 0.1) is 0 Å². The van der Waals surface area contributed by atoms with Crippen LogP contribution in [0.25, 0.3) is 0 Å². The van der Waals surface area contributed by atoms with E-state index in [0.717, 1.165) is 24.0 Å². The molecule has 3 aliphatic carbocycles. The van der Waals surface area contributed by atoms with Gasteiger partial charge < -0.3 is 10.2 Å². The summed E-state index contributed by atoms with van der Waals surface area (Å²) in [6.45, 7) is 1.10. The fourth-order valence-corrected chi connectivity index (χ4v) is 5.27. The highest BCUT2D eigenvalue weighted by molar-refractivity contribution is 5.57. The number of hydrogen-bond donors (Lipinski definition) is 1. The van der Waals surface area contributed by atoms with Crippen LogP contribution in [0.5, 0.6) is 0 Å². The van der Waals surface area contributed by atoms with Crippen molar-refractivity contribution in [1.29, 1.82) is 0 Å². The van der Waals surface area contributed by atoms with Crippen LogP contribution < -0.4 is 10.2 Å². The highest BCUT2D eigenvalue weighted by Crippen LogP contribution is 2.51. The van der Waals surface area contributed by atoms with Crippen LogP contribution in [0.15, 0.2) is 30.3 Å². The van der Waals surface area contributed by atoms with Crippen LogP contribution in [-0.2, 0) is 0 Å². The molecule has 2 bridgehead atoms. The second kappa shape index (κ2) is 5.70. The zero-order valence-corrected chi connectivity index (χ0v) is 15.2. The first-order valence-electron chi connectivity index (χ1n) is 10.4. The Morgan fingerprint density at radius 2 is 1.73 bits per heavy atom. The molecule has 1 aromatic heterocycles. The number of hydrogen-bond acceptors (Lipinski definition) is 4. The predicted molar refractivity (Wildman–Crippen MR) is 104 cm³/mol. The van der Waals surface area contributed by atoms with Crippen LogP contribution in [0.3, 0.4) is 0 Å². The van der Waals surface area contributed by atoms with Gasteiger partial charge in [-0.15, -0.1) is 0 Å². The van der Waals surface area contributed by atoms with E-state index in [4.69, 9.17) is 9.97 Å². The molecule has 26 heavy (non-hydrogen) atoms. The number of rotatable bonds is 4. The third-order valence-corrected chi connectivity index (χ3v) is 6.77. The number of nitrogens with zero attached hydrogens (tertiary/aromatic N) is 3. The average molecular weight is 346 g/mol. The summed E-state index contributed by atoms with van der Waals surface area (Å²) in [7, 11) is 0. The van der Waals surface area contributed by atoms with Crippen molar-refractivity contribution in [3.63, 3.8) is 0 Å². The predicted octanol–water partition coefficient (Wildman–Crippen LogP) is 4.76. The number of aromatic nitrogens is 2. The average Bonchev–Trinajstić information content (AvgIpc) is 3.09. The van der Waals surface area contributed by atoms with E-state index >= 15 is 0 Å². The molecular formula is C22H26N4. The standard InChI is InChI=1S/C22H26N4/c1-2-6-16(5-1)23-20-12-21(25-22(24-20)14-9-10-14)26-13-15-11-19(26)18-8-4-3-7-17(15)18/h3-4,7-8,12,14-16,19H,1-2,5-6,9-11,13H2,(H,23,24,25)/t15-,19+/m0/s1. The zero-order chi connectivity index (χ0) is 17.1. The monoisotopic (exact) mass is 346 g/mol. The minimum atomic E-state index is 0.498. The van der Waals surface area contributed by atoms with Gasteiger partial charge in [-0.3, -0.25) is 0 Å². The van der Waals surface area contributed by atoms with Gasteiger partial charge in [0.1, 0.15) is 17.5 Å². The molecule has 134 valence electrons. The summed E-state index contributed by atoms with van der Waals surface area (Å²) in [4.78, 5) is 12.4. The quantitative estimate of drug-likeness (QED) is 0.867. The molecule has 6 rings (SSSR count). The largest absolute Gasteiger partial charge is 0.367 e. The Morgan fingerprint density at radius 3 is 2.54 bits per heavy atom. The number of benzene rings is 1. The first-order chi connectivity index (χ1) is 12.8. The first-order valence-corrected chi connectivity index (χ1v) is 10.4. The third kappa shape index (κ3) is 2.42. The molecule has 3 fully saturated rings.